The molecule has 0 fully saturated rings. The molecule has 68 valence electrons. The summed E-state index contributed by atoms with van der Waals surface area (Å²) in [6.45, 7) is 4.22. The fraction of sp³-hybridized carbons (Fsp3) is 0.300. The second-order valence-corrected chi connectivity index (χ2v) is 4.12. The summed E-state index contributed by atoms with van der Waals surface area (Å²) in [5.74, 6) is 1.09. The van der Waals surface area contributed by atoms with Crippen LogP contribution in [0, 0.1) is 6.92 Å². The van der Waals surface area contributed by atoms with Crippen LogP contribution in [0.5, 0.6) is 0 Å². The number of hydrogen-bond donors (Lipinski definition) is 0. The van der Waals surface area contributed by atoms with Gasteiger partial charge in [-0.05, 0) is 24.8 Å². The van der Waals surface area contributed by atoms with E-state index in [2.05, 4.69) is 29.4 Å². The Kier molecular flexibility index (Phi) is 2.27. The molecular formula is C10H12N2S. The van der Waals surface area contributed by atoms with Crippen molar-refractivity contribution in [3.8, 4) is 0 Å². The molecule has 0 spiro atoms. The molecule has 0 atom stereocenters. The van der Waals surface area contributed by atoms with E-state index in [1.165, 1.54) is 5.03 Å². The quantitative estimate of drug-likeness (QED) is 0.681. The van der Waals surface area contributed by atoms with Crippen LogP contribution in [0.2, 0.25) is 0 Å². The highest BCUT2D eigenvalue weighted by Gasteiger charge is 2.06. The Hall–Kier alpha value is -0.960. The SMILES string of the molecule is CCSc1c(C)nc2ccccn12. The largest absolute Gasteiger partial charge is 0.294 e. The van der Waals surface area contributed by atoms with Crippen molar-refractivity contribution in [3.63, 3.8) is 0 Å². The van der Waals surface area contributed by atoms with E-state index in [4.69, 9.17) is 0 Å². The standard InChI is InChI=1S/C10H12N2S/c1-3-13-10-8(2)11-9-6-4-5-7-12(9)10/h4-7H,3H2,1-2H3. The van der Waals surface area contributed by atoms with Gasteiger partial charge in [0.25, 0.3) is 0 Å². The molecule has 3 heteroatoms. The molecule has 0 amide bonds. The number of hydrogen-bond acceptors (Lipinski definition) is 2. The Morgan fingerprint density at radius 2 is 2.31 bits per heavy atom. The van der Waals surface area contributed by atoms with Crippen molar-refractivity contribution in [2.75, 3.05) is 5.75 Å². The highest BCUT2D eigenvalue weighted by Crippen LogP contribution is 2.22. The van der Waals surface area contributed by atoms with Crippen LogP contribution in [0.1, 0.15) is 12.6 Å². The second-order valence-electron chi connectivity index (χ2n) is 2.86. The third kappa shape index (κ3) is 1.44. The van der Waals surface area contributed by atoms with Crippen molar-refractivity contribution < 1.29 is 0 Å². The summed E-state index contributed by atoms with van der Waals surface area (Å²) >= 11 is 1.84. The lowest BCUT2D eigenvalue weighted by molar-refractivity contribution is 1.02. The van der Waals surface area contributed by atoms with Gasteiger partial charge >= 0.3 is 0 Å². The van der Waals surface area contributed by atoms with Crippen molar-refractivity contribution in [2.45, 2.75) is 18.9 Å². The first-order valence-corrected chi connectivity index (χ1v) is 5.38. The van der Waals surface area contributed by atoms with Gasteiger partial charge in [0, 0.05) is 6.20 Å². The molecule has 0 N–H and O–H groups in total. The third-order valence-corrected chi connectivity index (χ3v) is 2.98. The molecule has 0 saturated carbocycles. The van der Waals surface area contributed by atoms with Crippen LogP contribution in [0.4, 0.5) is 0 Å². The number of aromatic nitrogens is 2. The molecule has 2 aromatic rings. The van der Waals surface area contributed by atoms with Gasteiger partial charge in [0.05, 0.1) is 5.69 Å². The molecule has 0 radical (unpaired) electrons. The predicted molar refractivity (Wildman–Crippen MR) is 56.3 cm³/mol. The number of thioether (sulfide) groups is 1. The Morgan fingerprint density at radius 1 is 1.46 bits per heavy atom. The van der Waals surface area contributed by atoms with E-state index in [1.54, 1.807) is 0 Å². The number of fused-ring (bicyclic) bond motifs is 1. The van der Waals surface area contributed by atoms with Gasteiger partial charge in [-0.1, -0.05) is 13.0 Å². The summed E-state index contributed by atoms with van der Waals surface area (Å²) in [5, 5.41) is 1.26. The lowest BCUT2D eigenvalue weighted by Crippen LogP contribution is -1.85. The maximum Gasteiger partial charge on any atom is 0.137 e. The van der Waals surface area contributed by atoms with Gasteiger partial charge in [-0.15, -0.1) is 11.8 Å². The van der Waals surface area contributed by atoms with Gasteiger partial charge in [0.15, 0.2) is 0 Å². The van der Waals surface area contributed by atoms with Crippen LogP contribution in [0.3, 0.4) is 0 Å². The first-order chi connectivity index (χ1) is 6.33. The van der Waals surface area contributed by atoms with Crippen molar-refractivity contribution in [1.82, 2.24) is 9.38 Å². The minimum Gasteiger partial charge on any atom is -0.294 e. The maximum atomic E-state index is 4.47. The van der Waals surface area contributed by atoms with Gasteiger partial charge in [-0.2, -0.15) is 0 Å². The monoisotopic (exact) mass is 192 g/mol. The minimum absolute atomic E-state index is 1.04. The molecule has 2 rings (SSSR count). The predicted octanol–water partition coefficient (Wildman–Crippen LogP) is 2.75. The molecule has 0 unspecified atom stereocenters. The van der Waals surface area contributed by atoms with Crippen molar-refractivity contribution in [3.05, 3.63) is 30.1 Å². The summed E-state index contributed by atoms with van der Waals surface area (Å²) in [7, 11) is 0. The van der Waals surface area contributed by atoms with Crippen molar-refractivity contribution in [1.29, 1.82) is 0 Å². The highest BCUT2D eigenvalue weighted by atomic mass is 32.2. The molecular weight excluding hydrogens is 180 g/mol. The number of aryl methyl sites for hydroxylation is 1. The number of nitrogens with zero attached hydrogens (tertiary/aromatic N) is 2. The van der Waals surface area contributed by atoms with Gasteiger partial charge in [0.2, 0.25) is 0 Å². The van der Waals surface area contributed by atoms with Gasteiger partial charge in [-0.25, -0.2) is 4.98 Å². The summed E-state index contributed by atoms with van der Waals surface area (Å²) in [4.78, 5) is 4.47. The van der Waals surface area contributed by atoms with Gasteiger partial charge in [0.1, 0.15) is 10.7 Å². The zero-order valence-corrected chi connectivity index (χ0v) is 8.64. The summed E-state index contributed by atoms with van der Waals surface area (Å²) < 4.78 is 2.14. The lowest BCUT2D eigenvalue weighted by atomic mass is 10.5. The van der Waals surface area contributed by atoms with Crippen LogP contribution >= 0.6 is 11.8 Å². The van der Waals surface area contributed by atoms with Gasteiger partial charge in [-0.3, -0.25) is 4.40 Å². The molecule has 2 nitrogen and oxygen atoms in total. The second kappa shape index (κ2) is 3.42. The average molecular weight is 192 g/mol. The zero-order chi connectivity index (χ0) is 9.26. The summed E-state index contributed by atoms with van der Waals surface area (Å²) in [6, 6.07) is 6.09. The molecule has 0 aromatic carbocycles. The van der Waals surface area contributed by atoms with E-state index >= 15 is 0 Å². The van der Waals surface area contributed by atoms with E-state index in [0.717, 1.165) is 17.1 Å². The average Bonchev–Trinajstić information content (AvgIpc) is 2.44. The summed E-state index contributed by atoms with van der Waals surface area (Å²) in [6.07, 6.45) is 2.06. The number of imidazole rings is 1. The normalized spacial score (nSPS) is 10.9. The number of rotatable bonds is 2. The Balaban J connectivity index is 2.64. The fourth-order valence-electron chi connectivity index (χ4n) is 1.40. The van der Waals surface area contributed by atoms with E-state index < -0.39 is 0 Å². The van der Waals surface area contributed by atoms with E-state index in [9.17, 15) is 0 Å². The highest BCUT2D eigenvalue weighted by molar-refractivity contribution is 7.99. The maximum absolute atomic E-state index is 4.47. The molecule has 0 aliphatic carbocycles. The van der Waals surface area contributed by atoms with Crippen LogP contribution < -0.4 is 0 Å². The van der Waals surface area contributed by atoms with Crippen LogP contribution in [-0.4, -0.2) is 15.1 Å². The molecule has 2 heterocycles. The lowest BCUT2D eigenvalue weighted by Gasteiger charge is -1.98. The van der Waals surface area contributed by atoms with Crippen LogP contribution in [0.25, 0.3) is 5.65 Å². The molecule has 2 aromatic heterocycles. The molecule has 0 aliphatic heterocycles. The smallest absolute Gasteiger partial charge is 0.137 e. The van der Waals surface area contributed by atoms with Gasteiger partial charge < -0.3 is 0 Å². The first kappa shape index (κ1) is 8.63. The van der Waals surface area contributed by atoms with E-state index in [1.807, 2.05) is 30.0 Å². The molecule has 0 bridgehead atoms. The van der Waals surface area contributed by atoms with Crippen molar-refractivity contribution >= 4 is 17.4 Å². The molecule has 13 heavy (non-hydrogen) atoms. The minimum atomic E-state index is 1.04. The number of pyridine rings is 1. The van der Waals surface area contributed by atoms with Crippen LogP contribution in [0.15, 0.2) is 29.4 Å². The molecule has 0 saturated heterocycles. The van der Waals surface area contributed by atoms with E-state index in [-0.39, 0.29) is 0 Å². The first-order valence-electron chi connectivity index (χ1n) is 4.39. The zero-order valence-electron chi connectivity index (χ0n) is 7.82. The Labute approximate surface area is 82.0 Å². The third-order valence-electron chi connectivity index (χ3n) is 1.93. The summed E-state index contributed by atoms with van der Waals surface area (Å²) in [5.41, 5.74) is 2.16. The van der Waals surface area contributed by atoms with Crippen LogP contribution in [-0.2, 0) is 0 Å². The molecule has 0 aliphatic rings. The Morgan fingerprint density at radius 3 is 3.08 bits per heavy atom. The topological polar surface area (TPSA) is 17.3 Å². The van der Waals surface area contributed by atoms with Crippen molar-refractivity contribution in [2.24, 2.45) is 0 Å². The van der Waals surface area contributed by atoms with E-state index in [0.29, 0.717) is 0 Å². The Bertz CT molecular complexity index is 420. The fourth-order valence-corrected chi connectivity index (χ4v) is 2.22.